The smallest absolute Gasteiger partial charge is 0.419 e. The van der Waals surface area contributed by atoms with Crippen molar-refractivity contribution in [3.05, 3.63) is 42.0 Å². The van der Waals surface area contributed by atoms with Crippen LogP contribution < -0.4 is 0 Å². The molecule has 4 nitrogen and oxygen atoms in total. The molecule has 0 spiro atoms. The topological polar surface area (TPSA) is 60.4 Å². The Balaban J connectivity index is 2.84. The van der Waals surface area contributed by atoms with Crippen molar-refractivity contribution >= 4 is 22.4 Å². The van der Waals surface area contributed by atoms with Gasteiger partial charge in [-0.05, 0) is 11.6 Å². The summed E-state index contributed by atoms with van der Waals surface area (Å²) in [6.07, 6.45) is 3.86. The largest absolute Gasteiger partial charge is 0.433 e. The summed E-state index contributed by atoms with van der Waals surface area (Å²) in [7, 11) is -3.47. The minimum atomic E-state index is -3.47. The third kappa shape index (κ3) is 3.86. The molecule has 1 aromatic rings. The van der Waals surface area contributed by atoms with Crippen LogP contribution >= 0.6 is 0 Å². The maximum absolute atomic E-state index is 11.2. The first-order valence-corrected chi connectivity index (χ1v) is 6.44. The number of carbonyl (C=O) groups excluding carboxylic acids is 1. The summed E-state index contributed by atoms with van der Waals surface area (Å²) < 4.78 is 26.7. The Kier molecular flexibility index (Phi) is 4.25. The standard InChI is InChI=1S/C11H11O4S/c1-16(13,14)11(15-9-12)8-7-10-5-3-2-4-6-10/h2-8,11H,1H3. The Morgan fingerprint density at radius 1 is 1.31 bits per heavy atom. The molecule has 1 radical (unpaired) electrons. The Hall–Kier alpha value is -1.62. The molecule has 1 aromatic carbocycles. The molecular formula is C11H11O4S. The molecular weight excluding hydrogens is 228 g/mol. The van der Waals surface area contributed by atoms with Crippen molar-refractivity contribution in [2.24, 2.45) is 0 Å². The number of ether oxygens (including phenoxy) is 1. The van der Waals surface area contributed by atoms with E-state index in [1.165, 1.54) is 6.08 Å². The van der Waals surface area contributed by atoms with Crippen molar-refractivity contribution in [3.8, 4) is 0 Å². The second-order valence-electron chi connectivity index (χ2n) is 3.17. The maximum Gasteiger partial charge on any atom is 0.419 e. The SMILES string of the molecule is CS(=O)(=O)C(C=Cc1ccccc1)O[C]=O. The molecule has 5 heteroatoms. The van der Waals surface area contributed by atoms with Gasteiger partial charge in [-0.2, -0.15) is 0 Å². The highest BCUT2D eigenvalue weighted by molar-refractivity contribution is 7.91. The van der Waals surface area contributed by atoms with Gasteiger partial charge in [0.1, 0.15) is 0 Å². The summed E-state index contributed by atoms with van der Waals surface area (Å²) in [6.45, 7) is 1.13. The highest BCUT2D eigenvalue weighted by Crippen LogP contribution is 2.07. The lowest BCUT2D eigenvalue weighted by molar-refractivity contribution is 0.279. The molecule has 0 fully saturated rings. The fraction of sp³-hybridized carbons (Fsp3) is 0.182. The first kappa shape index (κ1) is 12.4. The summed E-state index contributed by atoms with van der Waals surface area (Å²) in [5, 5.41) is 0. The highest BCUT2D eigenvalue weighted by atomic mass is 32.2. The minimum Gasteiger partial charge on any atom is -0.433 e. The van der Waals surface area contributed by atoms with E-state index >= 15 is 0 Å². The van der Waals surface area contributed by atoms with Crippen LogP contribution in [-0.4, -0.2) is 26.6 Å². The van der Waals surface area contributed by atoms with Gasteiger partial charge in [-0.3, -0.25) is 0 Å². The van der Waals surface area contributed by atoms with Gasteiger partial charge in [0.2, 0.25) is 5.44 Å². The Morgan fingerprint density at radius 2 is 1.94 bits per heavy atom. The number of hydrogen-bond donors (Lipinski definition) is 0. The van der Waals surface area contributed by atoms with Crippen LogP contribution in [-0.2, 0) is 19.4 Å². The lowest BCUT2D eigenvalue weighted by Gasteiger charge is -2.06. The quantitative estimate of drug-likeness (QED) is 0.773. The van der Waals surface area contributed by atoms with Crippen LogP contribution in [0.15, 0.2) is 36.4 Å². The second-order valence-corrected chi connectivity index (χ2v) is 5.29. The van der Waals surface area contributed by atoms with Crippen molar-refractivity contribution in [1.82, 2.24) is 0 Å². The first-order chi connectivity index (χ1) is 7.54. The van der Waals surface area contributed by atoms with E-state index in [-0.39, 0.29) is 0 Å². The molecule has 1 atom stereocenters. The van der Waals surface area contributed by atoms with Crippen LogP contribution in [0.2, 0.25) is 0 Å². The van der Waals surface area contributed by atoms with Gasteiger partial charge in [-0.25, -0.2) is 13.2 Å². The van der Waals surface area contributed by atoms with E-state index in [9.17, 15) is 13.2 Å². The monoisotopic (exact) mass is 239 g/mol. The average Bonchev–Trinajstić information content (AvgIpc) is 2.24. The van der Waals surface area contributed by atoms with E-state index in [4.69, 9.17) is 0 Å². The van der Waals surface area contributed by atoms with Gasteiger partial charge in [-0.1, -0.05) is 36.4 Å². The van der Waals surface area contributed by atoms with Crippen LogP contribution in [0, 0.1) is 0 Å². The van der Waals surface area contributed by atoms with Gasteiger partial charge in [0.15, 0.2) is 9.84 Å². The zero-order valence-corrected chi connectivity index (χ0v) is 9.48. The maximum atomic E-state index is 11.2. The molecule has 85 valence electrons. The van der Waals surface area contributed by atoms with Crippen molar-refractivity contribution in [2.75, 3.05) is 6.26 Å². The van der Waals surface area contributed by atoms with Gasteiger partial charge in [-0.15, -0.1) is 0 Å². The molecule has 0 aromatic heterocycles. The number of hydrogen-bond acceptors (Lipinski definition) is 4. The van der Waals surface area contributed by atoms with Crippen LogP contribution in [0.1, 0.15) is 5.56 Å². The minimum absolute atomic E-state index is 0.825. The molecule has 0 bridgehead atoms. The van der Waals surface area contributed by atoms with Gasteiger partial charge in [0.05, 0.1) is 0 Å². The molecule has 0 saturated heterocycles. The first-order valence-electron chi connectivity index (χ1n) is 4.49. The Morgan fingerprint density at radius 3 is 2.44 bits per heavy atom. The Bertz CT molecular complexity index is 462. The summed E-state index contributed by atoms with van der Waals surface area (Å²) in [5.74, 6) is 0. The van der Waals surface area contributed by atoms with Gasteiger partial charge in [0, 0.05) is 6.26 Å². The highest BCUT2D eigenvalue weighted by Gasteiger charge is 2.18. The normalized spacial score (nSPS) is 13.6. The van der Waals surface area contributed by atoms with Crippen LogP contribution in [0.3, 0.4) is 0 Å². The average molecular weight is 239 g/mol. The van der Waals surface area contributed by atoms with Gasteiger partial charge >= 0.3 is 6.47 Å². The van der Waals surface area contributed by atoms with Crippen LogP contribution in [0.25, 0.3) is 6.08 Å². The predicted molar refractivity (Wildman–Crippen MR) is 60.9 cm³/mol. The number of benzene rings is 1. The summed E-state index contributed by atoms with van der Waals surface area (Å²) >= 11 is 0. The third-order valence-electron chi connectivity index (χ3n) is 1.83. The molecule has 0 N–H and O–H groups in total. The van der Waals surface area contributed by atoms with Gasteiger partial charge < -0.3 is 4.74 Å². The van der Waals surface area contributed by atoms with E-state index in [1.807, 2.05) is 18.2 Å². The fourth-order valence-electron chi connectivity index (χ4n) is 1.07. The van der Waals surface area contributed by atoms with E-state index in [0.717, 1.165) is 18.3 Å². The number of rotatable bonds is 5. The molecule has 1 unspecified atom stereocenters. The van der Waals surface area contributed by atoms with Crippen LogP contribution in [0.5, 0.6) is 0 Å². The van der Waals surface area contributed by atoms with Crippen molar-refractivity contribution in [1.29, 1.82) is 0 Å². The molecule has 16 heavy (non-hydrogen) atoms. The zero-order chi connectivity index (χ0) is 12.0. The summed E-state index contributed by atoms with van der Waals surface area (Å²) in [4.78, 5) is 10.0. The fourth-order valence-corrected chi connectivity index (χ4v) is 1.65. The summed E-state index contributed by atoms with van der Waals surface area (Å²) in [6, 6.07) is 9.10. The Labute approximate surface area is 94.5 Å². The molecule has 0 saturated carbocycles. The van der Waals surface area contributed by atoms with E-state index in [2.05, 4.69) is 4.74 Å². The second kappa shape index (κ2) is 5.46. The lowest BCUT2D eigenvalue weighted by atomic mass is 10.2. The van der Waals surface area contributed by atoms with E-state index in [0.29, 0.717) is 0 Å². The third-order valence-corrected chi connectivity index (χ3v) is 2.93. The molecule has 0 aliphatic rings. The predicted octanol–water partition coefficient (Wildman–Crippen LogP) is 1.15. The molecule has 0 amide bonds. The summed E-state index contributed by atoms with van der Waals surface area (Å²) in [5.41, 5.74) is -0.462. The van der Waals surface area contributed by atoms with Crippen molar-refractivity contribution in [2.45, 2.75) is 5.44 Å². The van der Waals surface area contributed by atoms with Gasteiger partial charge in [0.25, 0.3) is 0 Å². The molecule has 0 aliphatic carbocycles. The van der Waals surface area contributed by atoms with Crippen molar-refractivity contribution in [3.63, 3.8) is 0 Å². The zero-order valence-electron chi connectivity index (χ0n) is 8.66. The van der Waals surface area contributed by atoms with Crippen LogP contribution in [0.4, 0.5) is 0 Å². The molecule has 0 heterocycles. The molecule has 0 aliphatic heterocycles. The van der Waals surface area contributed by atoms with E-state index < -0.39 is 15.3 Å². The number of sulfone groups is 1. The lowest BCUT2D eigenvalue weighted by Crippen LogP contribution is -2.20. The molecule has 1 rings (SSSR count). The van der Waals surface area contributed by atoms with Crippen molar-refractivity contribution < 1.29 is 17.9 Å². The van der Waals surface area contributed by atoms with E-state index in [1.54, 1.807) is 18.2 Å².